The molecule has 0 spiro atoms. The van der Waals surface area contributed by atoms with E-state index >= 15 is 0 Å². The molecule has 0 aliphatic heterocycles. The van der Waals surface area contributed by atoms with Crippen LogP contribution in [0.25, 0.3) is 0 Å². The van der Waals surface area contributed by atoms with Crippen LogP contribution in [-0.4, -0.2) is 32.6 Å². The monoisotopic (exact) mass is 415 g/mol. The van der Waals surface area contributed by atoms with Crippen molar-refractivity contribution in [1.29, 1.82) is 0 Å². The molecule has 0 radical (unpaired) electrons. The number of rotatable bonds is 8. The largest absolute Gasteiger partial charge is 0.496 e. The lowest BCUT2D eigenvalue weighted by molar-refractivity contribution is 0.0714. The first-order chi connectivity index (χ1) is 13.9. The van der Waals surface area contributed by atoms with Crippen molar-refractivity contribution in [1.82, 2.24) is 4.90 Å². The van der Waals surface area contributed by atoms with Gasteiger partial charge in [0, 0.05) is 6.54 Å². The molecular formula is C21H21NO6S. The molecule has 1 amide bonds. The molecule has 0 atom stereocenters. The van der Waals surface area contributed by atoms with Crippen molar-refractivity contribution in [2.24, 2.45) is 0 Å². The first-order valence-corrected chi connectivity index (χ1v) is 10.6. The van der Waals surface area contributed by atoms with Crippen LogP contribution in [0.4, 0.5) is 0 Å². The van der Waals surface area contributed by atoms with Gasteiger partial charge in [0.15, 0.2) is 0 Å². The number of nitrogens with zero attached hydrogens (tertiary/aromatic N) is 1. The molecular weight excluding hydrogens is 394 g/mol. The van der Waals surface area contributed by atoms with E-state index in [9.17, 15) is 13.2 Å². The van der Waals surface area contributed by atoms with Gasteiger partial charge in [0.05, 0.1) is 31.7 Å². The van der Waals surface area contributed by atoms with E-state index in [1.807, 2.05) is 0 Å². The second kappa shape index (κ2) is 8.83. The summed E-state index contributed by atoms with van der Waals surface area (Å²) in [5.41, 5.74) is 1.25. The number of methoxy groups -OCH3 is 1. The van der Waals surface area contributed by atoms with Gasteiger partial charge in [-0.3, -0.25) is 4.79 Å². The van der Waals surface area contributed by atoms with Crippen molar-refractivity contribution in [3.63, 3.8) is 0 Å². The summed E-state index contributed by atoms with van der Waals surface area (Å²) in [5, 5.41) is 0. The van der Waals surface area contributed by atoms with Crippen molar-refractivity contribution in [3.05, 3.63) is 83.8 Å². The van der Waals surface area contributed by atoms with Crippen molar-refractivity contribution in [3.8, 4) is 11.5 Å². The van der Waals surface area contributed by atoms with Gasteiger partial charge in [-0.2, -0.15) is 8.42 Å². The highest BCUT2D eigenvalue weighted by Crippen LogP contribution is 2.23. The highest BCUT2D eigenvalue weighted by atomic mass is 32.2. The lowest BCUT2D eigenvalue weighted by Crippen LogP contribution is -2.30. The first-order valence-electron chi connectivity index (χ1n) is 8.79. The Hall–Kier alpha value is -3.26. The maximum Gasteiger partial charge on any atom is 0.306 e. The van der Waals surface area contributed by atoms with Crippen LogP contribution >= 0.6 is 0 Å². The molecule has 0 N–H and O–H groups in total. The van der Waals surface area contributed by atoms with Gasteiger partial charge in [-0.05, 0) is 42.0 Å². The smallest absolute Gasteiger partial charge is 0.306 e. The van der Waals surface area contributed by atoms with Gasteiger partial charge in [-0.25, -0.2) is 0 Å². The Kier molecular flexibility index (Phi) is 6.23. The molecule has 1 aromatic heterocycles. The summed E-state index contributed by atoms with van der Waals surface area (Å²) in [5.74, 6) is 1.13. The maximum absolute atomic E-state index is 13.2. The third-order valence-electron chi connectivity index (χ3n) is 4.10. The molecule has 0 saturated carbocycles. The molecule has 7 nitrogen and oxygen atoms in total. The maximum atomic E-state index is 13.2. The van der Waals surface area contributed by atoms with Crippen LogP contribution in [0, 0.1) is 0 Å². The molecule has 3 rings (SSSR count). The number of para-hydroxylation sites is 1. The number of benzene rings is 2. The van der Waals surface area contributed by atoms with Crippen molar-refractivity contribution >= 4 is 16.0 Å². The number of hydrogen-bond donors (Lipinski definition) is 0. The Morgan fingerprint density at radius 2 is 1.72 bits per heavy atom. The Bertz CT molecular complexity index is 1060. The van der Waals surface area contributed by atoms with Crippen molar-refractivity contribution in [2.45, 2.75) is 13.1 Å². The lowest BCUT2D eigenvalue weighted by Gasteiger charge is -2.23. The fraction of sp³-hybridized carbons (Fsp3) is 0.190. The van der Waals surface area contributed by atoms with E-state index in [0.717, 1.165) is 11.8 Å². The molecule has 29 heavy (non-hydrogen) atoms. The summed E-state index contributed by atoms with van der Waals surface area (Å²) in [6.45, 7) is 0.558. The van der Waals surface area contributed by atoms with Crippen LogP contribution in [0.15, 0.2) is 71.3 Å². The molecule has 0 bridgehead atoms. The van der Waals surface area contributed by atoms with Gasteiger partial charge in [0.2, 0.25) is 0 Å². The molecule has 152 valence electrons. The topological polar surface area (TPSA) is 86.0 Å². The quantitative estimate of drug-likeness (QED) is 0.524. The van der Waals surface area contributed by atoms with Gasteiger partial charge < -0.3 is 18.2 Å². The summed E-state index contributed by atoms with van der Waals surface area (Å²) in [6, 6.07) is 17.1. The zero-order valence-electron chi connectivity index (χ0n) is 16.1. The number of hydrogen-bond acceptors (Lipinski definition) is 6. The number of carbonyl (C=O) groups is 1. The van der Waals surface area contributed by atoms with Crippen molar-refractivity contribution in [2.75, 3.05) is 13.4 Å². The normalized spacial score (nSPS) is 11.1. The summed E-state index contributed by atoms with van der Waals surface area (Å²) in [4.78, 5) is 14.8. The molecule has 0 saturated heterocycles. The minimum absolute atomic E-state index is 0.213. The highest BCUT2D eigenvalue weighted by Gasteiger charge is 2.21. The molecule has 0 fully saturated rings. The Morgan fingerprint density at radius 3 is 2.34 bits per heavy atom. The number of amides is 1. The first kappa shape index (κ1) is 20.5. The van der Waals surface area contributed by atoms with E-state index in [4.69, 9.17) is 13.3 Å². The number of carbonyl (C=O) groups excluding carboxylic acids is 1. The molecule has 0 aliphatic carbocycles. The fourth-order valence-electron chi connectivity index (χ4n) is 2.83. The second-order valence-corrected chi connectivity index (χ2v) is 7.95. The fourth-order valence-corrected chi connectivity index (χ4v) is 3.29. The van der Waals surface area contributed by atoms with E-state index in [-0.39, 0.29) is 24.7 Å². The van der Waals surface area contributed by atoms with E-state index in [2.05, 4.69) is 0 Å². The van der Waals surface area contributed by atoms with Gasteiger partial charge in [0.25, 0.3) is 5.91 Å². The van der Waals surface area contributed by atoms with Crippen LogP contribution in [0.5, 0.6) is 11.5 Å². The third kappa shape index (κ3) is 5.61. The van der Waals surface area contributed by atoms with E-state index in [1.165, 1.54) is 7.11 Å². The molecule has 8 heteroatoms. The van der Waals surface area contributed by atoms with Crippen LogP contribution < -0.4 is 8.92 Å². The van der Waals surface area contributed by atoms with Gasteiger partial charge >= 0.3 is 10.1 Å². The summed E-state index contributed by atoms with van der Waals surface area (Å²) >= 11 is 0. The Labute approximate surface area is 169 Å². The SMILES string of the molecule is COc1ccccc1C(=O)N(Cc1ccc(OS(C)(=O)=O)cc1)Cc1ccco1. The molecule has 0 unspecified atom stereocenters. The van der Waals surface area contributed by atoms with Crippen LogP contribution in [0.3, 0.4) is 0 Å². The van der Waals surface area contributed by atoms with E-state index in [0.29, 0.717) is 17.1 Å². The molecule has 0 aliphatic rings. The zero-order chi connectivity index (χ0) is 20.9. The average Bonchev–Trinajstić information content (AvgIpc) is 3.20. The highest BCUT2D eigenvalue weighted by molar-refractivity contribution is 7.86. The standard InChI is InChI=1S/C21H21NO6S/c1-26-20-8-4-3-7-19(20)21(23)22(15-18-6-5-13-27-18)14-16-9-11-17(12-10-16)28-29(2,24)25/h3-13H,14-15H2,1-2H3. The van der Waals surface area contributed by atoms with Crippen LogP contribution in [0.2, 0.25) is 0 Å². The predicted molar refractivity (Wildman–Crippen MR) is 107 cm³/mol. The predicted octanol–water partition coefficient (Wildman–Crippen LogP) is 3.47. The molecule has 1 heterocycles. The molecule has 2 aromatic carbocycles. The number of ether oxygens (including phenoxy) is 1. The van der Waals surface area contributed by atoms with Crippen LogP contribution in [0.1, 0.15) is 21.7 Å². The summed E-state index contributed by atoms with van der Waals surface area (Å²) in [7, 11) is -2.08. The summed E-state index contributed by atoms with van der Waals surface area (Å²) in [6.07, 6.45) is 2.54. The van der Waals surface area contributed by atoms with Gasteiger partial charge in [-0.1, -0.05) is 24.3 Å². The van der Waals surface area contributed by atoms with Gasteiger partial charge in [0.1, 0.15) is 17.3 Å². The van der Waals surface area contributed by atoms with Crippen LogP contribution in [-0.2, 0) is 23.2 Å². The summed E-state index contributed by atoms with van der Waals surface area (Å²) < 4.78 is 38.1. The lowest BCUT2D eigenvalue weighted by atomic mass is 10.1. The van der Waals surface area contributed by atoms with Gasteiger partial charge in [-0.15, -0.1) is 0 Å². The zero-order valence-corrected chi connectivity index (χ0v) is 16.9. The van der Waals surface area contributed by atoms with Crippen molar-refractivity contribution < 1.29 is 26.5 Å². The Balaban J connectivity index is 1.85. The Morgan fingerprint density at radius 1 is 1.00 bits per heavy atom. The van der Waals surface area contributed by atoms with E-state index in [1.54, 1.807) is 71.8 Å². The molecule has 3 aromatic rings. The number of furan rings is 1. The second-order valence-electron chi connectivity index (χ2n) is 6.37. The minimum atomic E-state index is -3.60. The third-order valence-corrected chi connectivity index (χ3v) is 4.59. The minimum Gasteiger partial charge on any atom is -0.496 e. The average molecular weight is 415 g/mol. The van der Waals surface area contributed by atoms with E-state index < -0.39 is 10.1 Å².